The van der Waals surface area contributed by atoms with Crippen LogP contribution in [0.25, 0.3) is 0 Å². The van der Waals surface area contributed by atoms with E-state index in [-0.39, 0.29) is 34.6 Å². The van der Waals surface area contributed by atoms with Gasteiger partial charge in [-0.1, -0.05) is 24.3 Å². The Hall–Kier alpha value is -2.95. The second-order valence-corrected chi connectivity index (χ2v) is 4.28. The van der Waals surface area contributed by atoms with Gasteiger partial charge in [0.2, 0.25) is 0 Å². The second kappa shape index (κ2) is 6.47. The van der Waals surface area contributed by atoms with E-state index in [4.69, 9.17) is 4.74 Å². The van der Waals surface area contributed by atoms with Crippen molar-refractivity contribution >= 4 is 18.5 Å². The number of aldehydes is 2. The van der Waals surface area contributed by atoms with E-state index in [1.807, 2.05) is 0 Å². The van der Waals surface area contributed by atoms with Gasteiger partial charge in [0.05, 0.1) is 17.5 Å². The number of esters is 1. The number of carbonyl (C=O) groups excluding carboxylic acids is 3. The summed E-state index contributed by atoms with van der Waals surface area (Å²) in [5, 5.41) is 9.81. The third kappa shape index (κ3) is 3.33. The molecule has 5 heteroatoms. The molecule has 0 atom stereocenters. The Kier molecular flexibility index (Phi) is 4.46. The fourth-order valence-corrected chi connectivity index (χ4v) is 1.83. The number of phenols is 1. The lowest BCUT2D eigenvalue weighted by Crippen LogP contribution is -2.12. The summed E-state index contributed by atoms with van der Waals surface area (Å²) in [5.41, 5.74) is 0.651. The van der Waals surface area contributed by atoms with Gasteiger partial charge in [-0.05, 0) is 18.2 Å². The fraction of sp³-hybridized carbons (Fsp3) is 0.0625. The molecule has 1 N–H and O–H groups in total. The molecule has 0 aliphatic heterocycles. The van der Waals surface area contributed by atoms with Gasteiger partial charge in [0.15, 0.2) is 12.6 Å². The second-order valence-electron chi connectivity index (χ2n) is 4.28. The molecule has 0 spiro atoms. The molecule has 0 unspecified atom stereocenters. The number of para-hydroxylation sites is 2. The number of hydrogen-bond acceptors (Lipinski definition) is 5. The van der Waals surface area contributed by atoms with Crippen LogP contribution in [0.5, 0.6) is 11.5 Å². The maximum Gasteiger partial charge on any atom is 0.315 e. The standard InChI is InChI=1S/C16H12O5/c17-9-12-4-1-2-7-14(12)21-15(19)8-11-5-3-6-13(10-18)16(11)20/h1-7,9-10,20H,8H2. The Balaban J connectivity index is 2.16. The van der Waals surface area contributed by atoms with Crippen LogP contribution in [-0.4, -0.2) is 23.6 Å². The Morgan fingerprint density at radius 2 is 1.67 bits per heavy atom. The first-order valence-electron chi connectivity index (χ1n) is 6.16. The minimum atomic E-state index is -0.636. The Bertz CT molecular complexity index is 691. The summed E-state index contributed by atoms with van der Waals surface area (Å²) in [7, 11) is 0. The van der Waals surface area contributed by atoms with Crippen molar-refractivity contribution in [3.63, 3.8) is 0 Å². The van der Waals surface area contributed by atoms with Crippen molar-refractivity contribution in [1.82, 2.24) is 0 Å². The van der Waals surface area contributed by atoms with Gasteiger partial charge in [0.25, 0.3) is 0 Å². The van der Waals surface area contributed by atoms with Gasteiger partial charge in [-0.15, -0.1) is 0 Å². The van der Waals surface area contributed by atoms with Crippen molar-refractivity contribution in [2.75, 3.05) is 0 Å². The van der Waals surface area contributed by atoms with E-state index in [0.29, 0.717) is 12.6 Å². The summed E-state index contributed by atoms with van der Waals surface area (Å²) in [4.78, 5) is 33.4. The minimum Gasteiger partial charge on any atom is -0.507 e. The van der Waals surface area contributed by atoms with Crippen LogP contribution in [0.15, 0.2) is 42.5 Å². The van der Waals surface area contributed by atoms with E-state index in [1.54, 1.807) is 18.2 Å². The third-order valence-corrected chi connectivity index (χ3v) is 2.88. The molecule has 106 valence electrons. The lowest BCUT2D eigenvalue weighted by molar-refractivity contribution is -0.133. The van der Waals surface area contributed by atoms with Gasteiger partial charge in [-0.25, -0.2) is 0 Å². The number of phenolic OH excluding ortho intramolecular Hbond substituents is 1. The van der Waals surface area contributed by atoms with Crippen LogP contribution < -0.4 is 4.74 Å². The predicted molar refractivity (Wildman–Crippen MR) is 74.7 cm³/mol. The smallest absolute Gasteiger partial charge is 0.315 e. The molecule has 2 aromatic rings. The van der Waals surface area contributed by atoms with E-state index in [2.05, 4.69) is 0 Å². The van der Waals surface area contributed by atoms with Gasteiger partial charge in [-0.2, -0.15) is 0 Å². The van der Waals surface area contributed by atoms with E-state index in [9.17, 15) is 19.5 Å². The quantitative estimate of drug-likeness (QED) is 0.517. The van der Waals surface area contributed by atoms with Crippen LogP contribution in [-0.2, 0) is 11.2 Å². The number of rotatable bonds is 5. The minimum absolute atomic E-state index is 0.105. The van der Waals surface area contributed by atoms with Crippen LogP contribution in [0.3, 0.4) is 0 Å². The van der Waals surface area contributed by atoms with Crippen LogP contribution in [0.4, 0.5) is 0 Å². The summed E-state index contributed by atoms with van der Waals surface area (Å²) in [6.45, 7) is 0. The molecule has 5 nitrogen and oxygen atoms in total. The Morgan fingerprint density at radius 3 is 2.38 bits per heavy atom. The molecule has 0 fully saturated rings. The van der Waals surface area contributed by atoms with Gasteiger partial charge >= 0.3 is 5.97 Å². The summed E-state index contributed by atoms with van der Waals surface area (Å²) >= 11 is 0. The Labute approximate surface area is 120 Å². The molecule has 0 aliphatic rings. The molecule has 0 saturated heterocycles. The molecular weight excluding hydrogens is 272 g/mol. The number of benzene rings is 2. The number of ether oxygens (including phenoxy) is 1. The number of aromatic hydroxyl groups is 1. The van der Waals surface area contributed by atoms with Crippen LogP contribution in [0.1, 0.15) is 26.3 Å². The SMILES string of the molecule is O=Cc1ccccc1OC(=O)Cc1cccc(C=O)c1O. The van der Waals surface area contributed by atoms with E-state index < -0.39 is 5.97 Å². The highest BCUT2D eigenvalue weighted by Gasteiger charge is 2.13. The molecule has 21 heavy (non-hydrogen) atoms. The highest BCUT2D eigenvalue weighted by atomic mass is 16.5. The zero-order chi connectivity index (χ0) is 15.2. The first-order valence-corrected chi connectivity index (χ1v) is 6.16. The summed E-state index contributed by atoms with van der Waals surface area (Å²) in [5.74, 6) is -0.723. The fourth-order valence-electron chi connectivity index (χ4n) is 1.83. The van der Waals surface area contributed by atoms with E-state index in [0.717, 1.165) is 0 Å². The van der Waals surface area contributed by atoms with Crippen molar-refractivity contribution < 1.29 is 24.2 Å². The molecule has 0 aromatic heterocycles. The van der Waals surface area contributed by atoms with Crippen molar-refractivity contribution in [2.45, 2.75) is 6.42 Å². The van der Waals surface area contributed by atoms with Crippen molar-refractivity contribution in [2.24, 2.45) is 0 Å². The molecule has 2 rings (SSSR count). The van der Waals surface area contributed by atoms with E-state index >= 15 is 0 Å². The van der Waals surface area contributed by atoms with Gasteiger partial charge in [0.1, 0.15) is 11.5 Å². The topological polar surface area (TPSA) is 80.7 Å². The Morgan fingerprint density at radius 1 is 1.00 bits per heavy atom. The monoisotopic (exact) mass is 284 g/mol. The lowest BCUT2D eigenvalue weighted by Gasteiger charge is -2.08. The van der Waals surface area contributed by atoms with Crippen LogP contribution in [0.2, 0.25) is 0 Å². The molecule has 0 aliphatic carbocycles. The average molecular weight is 284 g/mol. The van der Waals surface area contributed by atoms with E-state index in [1.165, 1.54) is 24.3 Å². The van der Waals surface area contributed by atoms with Crippen LogP contribution in [0, 0.1) is 0 Å². The molecule has 0 bridgehead atoms. The maximum absolute atomic E-state index is 11.9. The summed E-state index contributed by atoms with van der Waals surface area (Å²) < 4.78 is 5.10. The largest absolute Gasteiger partial charge is 0.507 e. The zero-order valence-corrected chi connectivity index (χ0v) is 11.0. The molecular formula is C16H12O5. The highest BCUT2D eigenvalue weighted by molar-refractivity contribution is 5.84. The van der Waals surface area contributed by atoms with Crippen molar-refractivity contribution in [3.8, 4) is 11.5 Å². The lowest BCUT2D eigenvalue weighted by atomic mass is 10.1. The number of hydrogen-bond donors (Lipinski definition) is 1. The molecule has 0 heterocycles. The molecule has 2 aromatic carbocycles. The normalized spacial score (nSPS) is 9.90. The summed E-state index contributed by atoms with van der Waals surface area (Å²) in [6, 6.07) is 10.9. The average Bonchev–Trinajstić information content (AvgIpc) is 2.50. The van der Waals surface area contributed by atoms with Crippen LogP contribution >= 0.6 is 0 Å². The maximum atomic E-state index is 11.9. The first kappa shape index (κ1) is 14.5. The molecule has 0 saturated carbocycles. The first-order chi connectivity index (χ1) is 10.2. The predicted octanol–water partition coefficient (Wildman–Crippen LogP) is 2.17. The number of carbonyl (C=O) groups is 3. The molecule has 0 amide bonds. The van der Waals surface area contributed by atoms with Gasteiger partial charge < -0.3 is 9.84 Å². The van der Waals surface area contributed by atoms with Gasteiger partial charge in [0, 0.05) is 5.56 Å². The summed E-state index contributed by atoms with van der Waals surface area (Å²) in [6.07, 6.45) is 0.889. The third-order valence-electron chi connectivity index (χ3n) is 2.88. The molecule has 0 radical (unpaired) electrons. The zero-order valence-electron chi connectivity index (χ0n) is 11.0. The van der Waals surface area contributed by atoms with Crippen molar-refractivity contribution in [1.29, 1.82) is 0 Å². The van der Waals surface area contributed by atoms with Crippen molar-refractivity contribution in [3.05, 3.63) is 59.2 Å². The van der Waals surface area contributed by atoms with Gasteiger partial charge in [-0.3, -0.25) is 14.4 Å². The highest BCUT2D eigenvalue weighted by Crippen LogP contribution is 2.22.